The van der Waals surface area contributed by atoms with Gasteiger partial charge in [0.1, 0.15) is 5.82 Å². The molecule has 1 heterocycles. The molecule has 1 aromatic rings. The molecule has 0 saturated carbocycles. The molecule has 1 aromatic carbocycles. The highest BCUT2D eigenvalue weighted by Crippen LogP contribution is 2.19. The van der Waals surface area contributed by atoms with E-state index in [0.717, 1.165) is 25.9 Å². The van der Waals surface area contributed by atoms with Gasteiger partial charge in [-0.1, -0.05) is 19.1 Å². The third-order valence-corrected chi connectivity index (χ3v) is 5.01. The van der Waals surface area contributed by atoms with E-state index in [1.165, 1.54) is 36.6 Å². The third kappa shape index (κ3) is 5.97. The number of benzene rings is 1. The van der Waals surface area contributed by atoms with Crippen LogP contribution in [0.4, 0.5) is 4.39 Å². The summed E-state index contributed by atoms with van der Waals surface area (Å²) < 4.78 is 13.1. The van der Waals surface area contributed by atoms with Crippen molar-refractivity contribution < 1.29 is 4.39 Å². The fourth-order valence-corrected chi connectivity index (χ4v) is 3.66. The Morgan fingerprint density at radius 2 is 2.05 bits per heavy atom. The van der Waals surface area contributed by atoms with Gasteiger partial charge in [-0.2, -0.15) is 11.8 Å². The van der Waals surface area contributed by atoms with Gasteiger partial charge in [-0.05, 0) is 62.3 Å². The van der Waals surface area contributed by atoms with E-state index >= 15 is 0 Å². The topological polar surface area (TPSA) is 15.3 Å². The van der Waals surface area contributed by atoms with Crippen molar-refractivity contribution >= 4 is 11.8 Å². The average Bonchev–Trinajstić information content (AvgIpc) is 2.77. The predicted molar refractivity (Wildman–Crippen MR) is 90.4 cm³/mol. The Balaban J connectivity index is 1.90. The summed E-state index contributed by atoms with van der Waals surface area (Å²) in [6.07, 6.45) is 3.52. The predicted octanol–water partition coefficient (Wildman–Crippen LogP) is 3.70. The Morgan fingerprint density at radius 1 is 1.24 bits per heavy atom. The molecule has 4 heteroatoms. The molecule has 0 bridgehead atoms. The smallest absolute Gasteiger partial charge is 0.123 e. The van der Waals surface area contributed by atoms with Crippen LogP contribution in [0.15, 0.2) is 24.3 Å². The molecule has 0 aliphatic carbocycles. The van der Waals surface area contributed by atoms with Crippen LogP contribution in [0, 0.1) is 5.82 Å². The third-order valence-electron chi connectivity index (χ3n) is 3.96. The van der Waals surface area contributed by atoms with Gasteiger partial charge >= 0.3 is 0 Å². The van der Waals surface area contributed by atoms with Crippen LogP contribution in [-0.4, -0.2) is 42.6 Å². The summed E-state index contributed by atoms with van der Waals surface area (Å²) in [6.45, 7) is 6.74. The summed E-state index contributed by atoms with van der Waals surface area (Å²) in [5, 5.41) is 3.61. The maximum absolute atomic E-state index is 13.1. The molecular weight excluding hydrogens is 283 g/mol. The average molecular weight is 310 g/mol. The van der Waals surface area contributed by atoms with Crippen LogP contribution in [0.5, 0.6) is 0 Å². The van der Waals surface area contributed by atoms with Gasteiger partial charge in [-0.3, -0.25) is 0 Å². The Labute approximate surface area is 132 Å². The van der Waals surface area contributed by atoms with Gasteiger partial charge in [-0.25, -0.2) is 4.39 Å². The number of hydrogen-bond acceptors (Lipinski definition) is 3. The zero-order valence-corrected chi connectivity index (χ0v) is 13.8. The van der Waals surface area contributed by atoms with Crippen molar-refractivity contribution in [3.05, 3.63) is 35.6 Å². The number of halogens is 1. The molecule has 1 aliphatic heterocycles. The van der Waals surface area contributed by atoms with E-state index in [9.17, 15) is 4.39 Å². The molecule has 1 atom stereocenters. The Hall–Kier alpha value is -0.580. The molecule has 1 aliphatic rings. The maximum Gasteiger partial charge on any atom is 0.123 e. The lowest BCUT2D eigenvalue weighted by atomic mass is 10.0. The van der Waals surface area contributed by atoms with E-state index in [2.05, 4.69) is 28.9 Å². The molecule has 1 unspecified atom stereocenters. The lowest BCUT2D eigenvalue weighted by molar-refractivity contribution is 0.275. The zero-order chi connectivity index (χ0) is 14.9. The molecule has 1 saturated heterocycles. The molecule has 0 radical (unpaired) electrons. The molecule has 0 aromatic heterocycles. The highest BCUT2D eigenvalue weighted by Gasteiger charge is 2.14. The lowest BCUT2D eigenvalue weighted by Crippen LogP contribution is -2.31. The Kier molecular flexibility index (Phi) is 7.54. The van der Waals surface area contributed by atoms with Gasteiger partial charge in [-0.15, -0.1) is 0 Å². The summed E-state index contributed by atoms with van der Waals surface area (Å²) in [5.41, 5.74) is 1.20. The molecule has 2 nitrogen and oxygen atoms in total. The first-order valence-corrected chi connectivity index (χ1v) is 9.24. The van der Waals surface area contributed by atoms with Crippen LogP contribution in [0.3, 0.4) is 0 Å². The van der Waals surface area contributed by atoms with Gasteiger partial charge in [0.2, 0.25) is 0 Å². The minimum atomic E-state index is -0.155. The fraction of sp³-hybridized carbons (Fsp3) is 0.647. The van der Waals surface area contributed by atoms with Gasteiger partial charge < -0.3 is 10.2 Å². The minimum Gasteiger partial charge on any atom is -0.310 e. The molecule has 0 amide bonds. The van der Waals surface area contributed by atoms with Crippen molar-refractivity contribution in [3.8, 4) is 0 Å². The second-order valence-electron chi connectivity index (χ2n) is 5.65. The van der Waals surface area contributed by atoms with Crippen molar-refractivity contribution in [2.75, 3.05) is 37.7 Å². The van der Waals surface area contributed by atoms with Crippen LogP contribution in [0.1, 0.15) is 37.8 Å². The van der Waals surface area contributed by atoms with Crippen LogP contribution in [-0.2, 0) is 0 Å². The van der Waals surface area contributed by atoms with E-state index in [1.54, 1.807) is 12.1 Å². The molecule has 118 valence electrons. The summed E-state index contributed by atoms with van der Waals surface area (Å²) in [5.74, 6) is 2.40. The van der Waals surface area contributed by atoms with Crippen LogP contribution < -0.4 is 5.32 Å². The summed E-state index contributed by atoms with van der Waals surface area (Å²) in [6, 6.07) is 7.31. The highest BCUT2D eigenvalue weighted by atomic mass is 32.2. The quantitative estimate of drug-likeness (QED) is 0.827. The molecular formula is C17H27FN2S. The number of rotatable bonds is 7. The number of nitrogens with zero attached hydrogens (tertiary/aromatic N) is 1. The fourth-order valence-electron chi connectivity index (χ4n) is 2.73. The minimum absolute atomic E-state index is 0.155. The van der Waals surface area contributed by atoms with Crippen molar-refractivity contribution in [1.82, 2.24) is 10.2 Å². The number of nitrogens with one attached hydrogen (secondary N) is 1. The van der Waals surface area contributed by atoms with Gasteiger partial charge in [0.05, 0.1) is 0 Å². The van der Waals surface area contributed by atoms with Crippen LogP contribution in [0.2, 0.25) is 0 Å². The van der Waals surface area contributed by atoms with Crippen molar-refractivity contribution in [2.24, 2.45) is 0 Å². The Morgan fingerprint density at radius 3 is 2.81 bits per heavy atom. The van der Waals surface area contributed by atoms with Gasteiger partial charge in [0.15, 0.2) is 0 Å². The second-order valence-corrected chi connectivity index (χ2v) is 6.88. The molecule has 1 N–H and O–H groups in total. The van der Waals surface area contributed by atoms with Crippen LogP contribution in [0.25, 0.3) is 0 Å². The number of thioether (sulfide) groups is 1. The lowest BCUT2D eigenvalue weighted by Gasteiger charge is -2.24. The molecule has 0 spiro atoms. The zero-order valence-electron chi connectivity index (χ0n) is 13.0. The van der Waals surface area contributed by atoms with Gasteiger partial charge in [0, 0.05) is 18.3 Å². The largest absolute Gasteiger partial charge is 0.310 e. The van der Waals surface area contributed by atoms with E-state index in [4.69, 9.17) is 0 Å². The molecule has 2 rings (SSSR count). The van der Waals surface area contributed by atoms with Crippen molar-refractivity contribution in [2.45, 2.75) is 32.2 Å². The maximum atomic E-state index is 13.1. The first kappa shape index (κ1) is 16.8. The monoisotopic (exact) mass is 310 g/mol. The van der Waals surface area contributed by atoms with Crippen molar-refractivity contribution in [1.29, 1.82) is 0 Å². The first-order valence-electron chi connectivity index (χ1n) is 8.08. The summed E-state index contributed by atoms with van der Waals surface area (Å²) >= 11 is 2.07. The molecule has 21 heavy (non-hydrogen) atoms. The first-order chi connectivity index (χ1) is 10.3. The second kappa shape index (κ2) is 9.44. The summed E-state index contributed by atoms with van der Waals surface area (Å²) in [4.78, 5) is 2.57. The van der Waals surface area contributed by atoms with Crippen molar-refractivity contribution in [3.63, 3.8) is 0 Å². The Bertz CT molecular complexity index is 388. The normalized spacial score (nSPS) is 18.4. The van der Waals surface area contributed by atoms with E-state index in [1.807, 2.05) is 12.1 Å². The standard InChI is InChI=1S/C17H27FN2S/c1-2-9-19-17(15-4-6-16(18)7-5-15)8-11-20-10-3-13-21-14-12-20/h4-7,17,19H,2-3,8-14H2,1H3. The molecule has 1 fully saturated rings. The van der Waals surface area contributed by atoms with Crippen LogP contribution >= 0.6 is 11.8 Å². The SMILES string of the molecule is CCCNC(CCN1CCCSCC1)c1ccc(F)cc1. The van der Waals surface area contributed by atoms with Gasteiger partial charge in [0.25, 0.3) is 0 Å². The van der Waals surface area contributed by atoms with E-state index in [-0.39, 0.29) is 5.82 Å². The van der Waals surface area contributed by atoms with E-state index in [0.29, 0.717) is 6.04 Å². The summed E-state index contributed by atoms with van der Waals surface area (Å²) in [7, 11) is 0. The number of hydrogen-bond donors (Lipinski definition) is 1. The highest BCUT2D eigenvalue weighted by molar-refractivity contribution is 7.99. The van der Waals surface area contributed by atoms with E-state index < -0.39 is 0 Å².